The number of fused-ring (bicyclic) bond motifs is 1. The van der Waals surface area contributed by atoms with Gasteiger partial charge in [0.1, 0.15) is 12.4 Å². The summed E-state index contributed by atoms with van der Waals surface area (Å²) in [4.78, 5) is 17.0. The van der Waals surface area contributed by atoms with E-state index in [1.165, 1.54) is 14.7 Å². The molecule has 1 aliphatic heterocycles. The molecule has 3 aromatic rings. The Kier molecular flexibility index (Phi) is 8.96. The highest BCUT2D eigenvalue weighted by molar-refractivity contribution is 7.89. The molecular weight excluding hydrogens is 516 g/mol. The summed E-state index contributed by atoms with van der Waals surface area (Å²) in [5.41, 5.74) is 3.31. The average Bonchev–Trinajstić information content (AvgIpc) is 3.36. The first-order valence-corrected chi connectivity index (χ1v) is 15.5. The molecule has 1 unspecified atom stereocenters. The first-order valence-electron chi connectivity index (χ1n) is 13.2. The Morgan fingerprint density at radius 3 is 2.37 bits per heavy atom. The molecule has 2 heterocycles. The third kappa shape index (κ3) is 6.47. The van der Waals surface area contributed by atoms with E-state index in [9.17, 15) is 13.2 Å². The van der Waals surface area contributed by atoms with Gasteiger partial charge in [0, 0.05) is 18.0 Å². The lowest BCUT2D eigenvalue weighted by atomic mass is 10.0. The summed E-state index contributed by atoms with van der Waals surface area (Å²) in [6.07, 6.45) is 0.757. The maximum atomic E-state index is 13.8. The zero-order chi connectivity index (χ0) is 27.4. The third-order valence-electron chi connectivity index (χ3n) is 6.91. The Morgan fingerprint density at radius 2 is 1.74 bits per heavy atom. The van der Waals surface area contributed by atoms with Crippen molar-refractivity contribution in [1.29, 1.82) is 0 Å². The van der Waals surface area contributed by atoms with Crippen molar-refractivity contribution in [3.05, 3.63) is 81.5 Å². The molecule has 1 atom stereocenters. The largest absolute Gasteiger partial charge is 0.491 e. The number of carbonyl (C=O) groups is 1. The quantitative estimate of drug-likeness (QED) is 0.307. The van der Waals surface area contributed by atoms with E-state index in [1.54, 1.807) is 40.5 Å². The monoisotopic (exact) mass is 554 g/mol. The van der Waals surface area contributed by atoms with Gasteiger partial charge in [0.15, 0.2) is 0 Å². The van der Waals surface area contributed by atoms with Gasteiger partial charge in [-0.2, -0.15) is 4.31 Å². The Hall–Kier alpha value is -2.68. The lowest BCUT2D eigenvalue weighted by molar-refractivity contribution is -0.135. The number of rotatable bonds is 10. The lowest BCUT2D eigenvalue weighted by Gasteiger charge is -2.37. The zero-order valence-corrected chi connectivity index (χ0v) is 24.5. The van der Waals surface area contributed by atoms with Gasteiger partial charge in [-0.3, -0.25) is 4.79 Å². The third-order valence-corrected chi connectivity index (χ3v) is 9.73. The Balaban J connectivity index is 1.55. The van der Waals surface area contributed by atoms with Crippen LogP contribution in [0.4, 0.5) is 0 Å². The van der Waals surface area contributed by atoms with Crippen molar-refractivity contribution >= 4 is 27.3 Å². The minimum atomic E-state index is -3.82. The van der Waals surface area contributed by atoms with Crippen LogP contribution in [0.1, 0.15) is 61.2 Å². The zero-order valence-electron chi connectivity index (χ0n) is 22.9. The fourth-order valence-corrected chi connectivity index (χ4v) is 7.24. The molecule has 38 heavy (non-hydrogen) atoms. The van der Waals surface area contributed by atoms with E-state index in [4.69, 9.17) is 4.74 Å². The van der Waals surface area contributed by atoms with Gasteiger partial charge in [-0.15, -0.1) is 11.3 Å². The predicted octanol–water partition coefficient (Wildman–Crippen LogP) is 6.03. The maximum Gasteiger partial charge on any atom is 0.243 e. The van der Waals surface area contributed by atoms with Gasteiger partial charge in [0.25, 0.3) is 0 Å². The second kappa shape index (κ2) is 12.0. The standard InChI is InChI=1S/C30H38N2O4S2/c1-21(2)18-31(38(34,35)26-12-6-23(5)7-13-26)19-30(33)32-16-14-29-27(15-17-37-29)28(32)20-36-25-10-8-24(9-11-25)22(3)4/h6-13,15,17,21-22,28H,14,16,18-20H2,1-5H3. The molecule has 0 spiro atoms. The molecule has 0 fully saturated rings. The number of sulfonamides is 1. The number of carbonyl (C=O) groups excluding carboxylic acids is 1. The smallest absolute Gasteiger partial charge is 0.243 e. The first kappa shape index (κ1) is 28.3. The molecule has 0 saturated heterocycles. The van der Waals surface area contributed by atoms with Gasteiger partial charge >= 0.3 is 0 Å². The summed E-state index contributed by atoms with van der Waals surface area (Å²) in [6.45, 7) is 11.1. The van der Waals surface area contributed by atoms with Crippen molar-refractivity contribution in [2.24, 2.45) is 5.92 Å². The van der Waals surface area contributed by atoms with Crippen molar-refractivity contribution < 1.29 is 17.9 Å². The number of benzene rings is 2. The molecule has 1 aliphatic rings. The molecule has 0 radical (unpaired) electrons. The van der Waals surface area contributed by atoms with E-state index in [2.05, 4.69) is 37.4 Å². The van der Waals surface area contributed by atoms with Gasteiger partial charge in [0.05, 0.1) is 17.5 Å². The van der Waals surface area contributed by atoms with Crippen LogP contribution in [0, 0.1) is 12.8 Å². The molecule has 0 bridgehead atoms. The van der Waals surface area contributed by atoms with E-state index in [0.717, 1.165) is 23.3 Å². The first-order chi connectivity index (χ1) is 18.1. The van der Waals surface area contributed by atoms with Gasteiger partial charge in [-0.05, 0) is 72.0 Å². The molecule has 6 nitrogen and oxygen atoms in total. The van der Waals surface area contributed by atoms with E-state index in [1.807, 2.05) is 32.9 Å². The van der Waals surface area contributed by atoms with Crippen LogP contribution in [0.25, 0.3) is 0 Å². The summed E-state index contributed by atoms with van der Waals surface area (Å²) >= 11 is 1.69. The number of ether oxygens (including phenoxy) is 1. The van der Waals surface area contributed by atoms with Gasteiger partial charge in [0.2, 0.25) is 15.9 Å². The lowest BCUT2D eigenvalue weighted by Crippen LogP contribution is -2.48. The van der Waals surface area contributed by atoms with E-state index in [-0.39, 0.29) is 35.9 Å². The highest BCUT2D eigenvalue weighted by Gasteiger charge is 2.35. The molecule has 0 N–H and O–H groups in total. The second-order valence-electron chi connectivity index (χ2n) is 10.7. The number of hydrogen-bond donors (Lipinski definition) is 0. The minimum absolute atomic E-state index is 0.0702. The van der Waals surface area contributed by atoms with Crippen molar-refractivity contribution in [3.63, 3.8) is 0 Å². The Bertz CT molecular complexity index is 1330. The van der Waals surface area contributed by atoms with Crippen LogP contribution < -0.4 is 4.74 Å². The number of amides is 1. The van der Waals surface area contributed by atoms with E-state index >= 15 is 0 Å². The average molecular weight is 555 g/mol. The molecule has 0 saturated carbocycles. The number of hydrogen-bond acceptors (Lipinski definition) is 5. The molecule has 2 aromatic carbocycles. The Morgan fingerprint density at radius 1 is 1.05 bits per heavy atom. The topological polar surface area (TPSA) is 66.9 Å². The van der Waals surface area contributed by atoms with Crippen LogP contribution in [-0.2, 0) is 21.2 Å². The second-order valence-corrected chi connectivity index (χ2v) is 13.6. The summed E-state index contributed by atoms with van der Waals surface area (Å²) in [5.74, 6) is 1.06. The molecule has 204 valence electrons. The van der Waals surface area contributed by atoms with Crippen LogP contribution in [0.3, 0.4) is 0 Å². The van der Waals surface area contributed by atoms with E-state index in [0.29, 0.717) is 19.1 Å². The van der Waals surface area contributed by atoms with Crippen LogP contribution in [0.5, 0.6) is 5.75 Å². The summed E-state index contributed by atoms with van der Waals surface area (Å²) < 4.78 is 34.6. The van der Waals surface area contributed by atoms with Crippen molar-refractivity contribution in [3.8, 4) is 5.75 Å². The van der Waals surface area contributed by atoms with Crippen molar-refractivity contribution in [1.82, 2.24) is 9.21 Å². The molecule has 1 amide bonds. The van der Waals surface area contributed by atoms with Crippen LogP contribution in [0.2, 0.25) is 0 Å². The van der Waals surface area contributed by atoms with Crippen LogP contribution in [-0.4, -0.2) is 49.8 Å². The highest BCUT2D eigenvalue weighted by atomic mass is 32.2. The Labute approximate surface area is 231 Å². The minimum Gasteiger partial charge on any atom is -0.491 e. The molecule has 4 rings (SSSR count). The van der Waals surface area contributed by atoms with Crippen molar-refractivity contribution in [2.45, 2.75) is 57.9 Å². The van der Waals surface area contributed by atoms with Gasteiger partial charge in [-0.25, -0.2) is 8.42 Å². The molecule has 0 aliphatic carbocycles. The van der Waals surface area contributed by atoms with Crippen molar-refractivity contribution in [2.75, 3.05) is 26.2 Å². The van der Waals surface area contributed by atoms with Crippen LogP contribution in [0.15, 0.2) is 64.9 Å². The summed E-state index contributed by atoms with van der Waals surface area (Å²) in [5, 5.41) is 2.05. The maximum absolute atomic E-state index is 13.8. The van der Waals surface area contributed by atoms with Crippen LogP contribution >= 0.6 is 11.3 Å². The fraction of sp³-hybridized carbons (Fsp3) is 0.433. The van der Waals surface area contributed by atoms with E-state index < -0.39 is 10.0 Å². The fourth-order valence-electron chi connectivity index (χ4n) is 4.75. The summed E-state index contributed by atoms with van der Waals surface area (Å²) in [7, 11) is -3.82. The number of thiophene rings is 1. The summed E-state index contributed by atoms with van der Waals surface area (Å²) in [6, 6.07) is 16.7. The number of nitrogens with zero attached hydrogens (tertiary/aromatic N) is 2. The highest BCUT2D eigenvalue weighted by Crippen LogP contribution is 2.34. The number of aryl methyl sites for hydroxylation is 1. The predicted molar refractivity (Wildman–Crippen MR) is 153 cm³/mol. The van der Waals surface area contributed by atoms with Gasteiger partial charge < -0.3 is 9.64 Å². The molecule has 1 aromatic heterocycles. The molecular formula is C30H38N2O4S2. The normalized spacial score (nSPS) is 15.8. The molecule has 8 heteroatoms. The SMILES string of the molecule is Cc1ccc(S(=O)(=O)N(CC(=O)N2CCc3sccc3C2COc2ccc(C(C)C)cc2)CC(C)C)cc1. The van der Waals surface area contributed by atoms with Gasteiger partial charge in [-0.1, -0.05) is 57.5 Å².